The summed E-state index contributed by atoms with van der Waals surface area (Å²) < 4.78 is 11.3. The molecule has 1 heterocycles. The second-order valence-electron chi connectivity index (χ2n) is 8.87. The number of rotatable bonds is 5. The molecule has 0 bridgehead atoms. The smallest absolute Gasteiger partial charge is 0.417 e. The molecule has 1 N–H and O–H groups in total. The first kappa shape index (κ1) is 21.2. The maximum atomic E-state index is 12.9. The Morgan fingerprint density at radius 3 is 2.54 bits per heavy atom. The minimum absolute atomic E-state index is 0.00459. The van der Waals surface area contributed by atoms with Gasteiger partial charge in [-0.3, -0.25) is 4.79 Å². The number of ether oxygens (including phenoxy) is 2. The number of aliphatic hydroxyl groups is 1. The van der Waals surface area contributed by atoms with Crippen LogP contribution in [0.15, 0.2) is 0 Å². The molecule has 6 nitrogen and oxygen atoms in total. The quantitative estimate of drug-likeness (QED) is 0.753. The summed E-state index contributed by atoms with van der Waals surface area (Å²) >= 11 is 0. The number of likely N-dealkylation sites (tertiary alicyclic amines) is 1. The van der Waals surface area contributed by atoms with Crippen molar-refractivity contribution in [2.75, 3.05) is 13.2 Å². The topological polar surface area (TPSA) is 76.1 Å². The monoisotopic (exact) mass is 369 g/mol. The van der Waals surface area contributed by atoms with Crippen LogP contribution >= 0.6 is 0 Å². The van der Waals surface area contributed by atoms with E-state index in [1.54, 1.807) is 20.8 Å². The Morgan fingerprint density at radius 2 is 1.96 bits per heavy atom. The number of carbonyl (C=O) groups is 2. The number of imide groups is 1. The van der Waals surface area contributed by atoms with Crippen molar-refractivity contribution >= 4 is 12.0 Å². The van der Waals surface area contributed by atoms with E-state index in [0.717, 1.165) is 12.8 Å². The lowest BCUT2D eigenvalue weighted by Crippen LogP contribution is -2.46. The SMILES string of the molecule is CCCCOC[C@H]1[C@H](C)[C@H](O)C[C@H]2C(=O)N(C(=O)OC(C)(C)C)[C@H](C)[C@@H]12. The van der Waals surface area contributed by atoms with Crippen LogP contribution in [0.5, 0.6) is 0 Å². The summed E-state index contributed by atoms with van der Waals surface area (Å²) in [6, 6.07) is -0.253. The van der Waals surface area contributed by atoms with E-state index < -0.39 is 17.8 Å². The molecular formula is C20H35NO5. The Balaban J connectivity index is 2.18. The van der Waals surface area contributed by atoms with Crippen molar-refractivity contribution in [3.63, 3.8) is 0 Å². The van der Waals surface area contributed by atoms with Crippen LogP contribution in [-0.4, -0.2) is 53.0 Å². The molecule has 1 aliphatic carbocycles. The van der Waals surface area contributed by atoms with Crippen LogP contribution < -0.4 is 0 Å². The van der Waals surface area contributed by atoms with Gasteiger partial charge in [0.05, 0.1) is 12.7 Å². The molecule has 150 valence electrons. The third-order valence-corrected chi connectivity index (χ3v) is 5.80. The van der Waals surface area contributed by atoms with Crippen molar-refractivity contribution in [1.29, 1.82) is 0 Å². The van der Waals surface area contributed by atoms with E-state index in [4.69, 9.17) is 9.47 Å². The van der Waals surface area contributed by atoms with Crippen LogP contribution in [0.1, 0.15) is 60.8 Å². The Labute approximate surface area is 157 Å². The summed E-state index contributed by atoms with van der Waals surface area (Å²) in [5.41, 5.74) is -0.652. The zero-order chi connectivity index (χ0) is 19.6. The van der Waals surface area contributed by atoms with Crippen LogP contribution in [0.3, 0.4) is 0 Å². The number of hydrogen-bond acceptors (Lipinski definition) is 5. The van der Waals surface area contributed by atoms with Crippen LogP contribution in [0.4, 0.5) is 4.79 Å². The lowest BCUT2D eigenvalue weighted by Gasteiger charge is -2.41. The zero-order valence-electron chi connectivity index (χ0n) is 17.0. The summed E-state index contributed by atoms with van der Waals surface area (Å²) in [5.74, 6) is -0.487. The van der Waals surface area contributed by atoms with Gasteiger partial charge in [-0.2, -0.15) is 0 Å². The van der Waals surface area contributed by atoms with Gasteiger partial charge in [0.25, 0.3) is 0 Å². The molecule has 1 saturated carbocycles. The average Bonchev–Trinajstić information content (AvgIpc) is 2.76. The third kappa shape index (κ3) is 4.39. The molecule has 0 unspecified atom stereocenters. The van der Waals surface area contributed by atoms with Crippen molar-refractivity contribution in [2.45, 2.75) is 78.6 Å². The highest BCUT2D eigenvalue weighted by molar-refractivity contribution is 5.96. The van der Waals surface area contributed by atoms with Gasteiger partial charge in [-0.1, -0.05) is 20.3 Å². The molecule has 2 rings (SSSR count). The van der Waals surface area contributed by atoms with Crippen LogP contribution in [0.2, 0.25) is 0 Å². The summed E-state index contributed by atoms with van der Waals surface area (Å²) in [7, 11) is 0. The maximum absolute atomic E-state index is 12.9. The van der Waals surface area contributed by atoms with Gasteiger partial charge in [-0.25, -0.2) is 9.69 Å². The van der Waals surface area contributed by atoms with Gasteiger partial charge in [-0.05, 0) is 58.3 Å². The largest absolute Gasteiger partial charge is 0.443 e. The second kappa shape index (κ2) is 8.26. The fourth-order valence-corrected chi connectivity index (χ4v) is 4.37. The number of unbranched alkanes of at least 4 members (excludes halogenated alkanes) is 1. The molecule has 6 atom stereocenters. The Morgan fingerprint density at radius 1 is 1.31 bits per heavy atom. The summed E-state index contributed by atoms with van der Waals surface area (Å²) in [4.78, 5) is 26.8. The Hall–Kier alpha value is -1.14. The lowest BCUT2D eigenvalue weighted by molar-refractivity contribution is -0.134. The molecule has 1 aliphatic heterocycles. The van der Waals surface area contributed by atoms with Crippen molar-refractivity contribution in [2.24, 2.45) is 23.7 Å². The first-order valence-electron chi connectivity index (χ1n) is 9.90. The van der Waals surface area contributed by atoms with Gasteiger partial charge in [0.15, 0.2) is 0 Å². The molecule has 1 saturated heterocycles. The van der Waals surface area contributed by atoms with Gasteiger partial charge >= 0.3 is 6.09 Å². The number of aliphatic hydroxyl groups excluding tert-OH is 1. The molecule has 0 aromatic heterocycles. The summed E-state index contributed by atoms with van der Waals surface area (Å²) in [6.45, 7) is 12.6. The fourth-order valence-electron chi connectivity index (χ4n) is 4.37. The lowest BCUT2D eigenvalue weighted by atomic mass is 9.65. The highest BCUT2D eigenvalue weighted by atomic mass is 16.6. The molecule has 6 heteroatoms. The van der Waals surface area contributed by atoms with Crippen molar-refractivity contribution in [1.82, 2.24) is 4.90 Å². The van der Waals surface area contributed by atoms with Crippen LogP contribution in [0, 0.1) is 23.7 Å². The van der Waals surface area contributed by atoms with Crippen molar-refractivity contribution in [3.05, 3.63) is 0 Å². The molecule has 0 aromatic rings. The van der Waals surface area contributed by atoms with Gasteiger partial charge in [0.2, 0.25) is 5.91 Å². The highest BCUT2D eigenvalue weighted by Crippen LogP contribution is 2.47. The van der Waals surface area contributed by atoms with Gasteiger partial charge in [-0.15, -0.1) is 0 Å². The summed E-state index contributed by atoms with van der Waals surface area (Å²) in [6.07, 6.45) is 1.33. The van der Waals surface area contributed by atoms with E-state index in [1.165, 1.54) is 4.90 Å². The fraction of sp³-hybridized carbons (Fsp3) is 0.900. The number of amides is 2. The minimum atomic E-state index is -0.652. The predicted octanol–water partition coefficient (Wildman–Crippen LogP) is 3.22. The third-order valence-electron chi connectivity index (χ3n) is 5.80. The molecule has 0 spiro atoms. The van der Waals surface area contributed by atoms with E-state index in [0.29, 0.717) is 19.6 Å². The first-order chi connectivity index (χ1) is 12.1. The number of fused-ring (bicyclic) bond motifs is 1. The maximum Gasteiger partial charge on any atom is 0.417 e. The van der Waals surface area contributed by atoms with Crippen LogP contribution in [0.25, 0.3) is 0 Å². The zero-order valence-corrected chi connectivity index (χ0v) is 17.0. The molecule has 0 aromatic carbocycles. The van der Waals surface area contributed by atoms with Crippen LogP contribution in [-0.2, 0) is 14.3 Å². The van der Waals surface area contributed by atoms with E-state index in [9.17, 15) is 14.7 Å². The molecule has 26 heavy (non-hydrogen) atoms. The minimum Gasteiger partial charge on any atom is -0.443 e. The number of nitrogens with zero attached hydrogens (tertiary/aromatic N) is 1. The van der Waals surface area contributed by atoms with Gasteiger partial charge < -0.3 is 14.6 Å². The highest BCUT2D eigenvalue weighted by Gasteiger charge is 2.57. The van der Waals surface area contributed by atoms with Crippen molar-refractivity contribution in [3.8, 4) is 0 Å². The summed E-state index contributed by atoms with van der Waals surface area (Å²) in [5, 5.41) is 10.5. The number of hydrogen-bond donors (Lipinski definition) is 1. The van der Waals surface area contributed by atoms with E-state index in [1.807, 2.05) is 13.8 Å². The predicted molar refractivity (Wildman–Crippen MR) is 98.5 cm³/mol. The molecule has 0 radical (unpaired) electrons. The normalized spacial score (nSPS) is 34.7. The molecule has 2 amide bonds. The average molecular weight is 370 g/mol. The van der Waals surface area contributed by atoms with E-state index in [-0.39, 0.29) is 35.6 Å². The Bertz CT molecular complexity index is 515. The second-order valence-corrected chi connectivity index (χ2v) is 8.87. The first-order valence-corrected chi connectivity index (χ1v) is 9.90. The Kier molecular flexibility index (Phi) is 6.72. The van der Waals surface area contributed by atoms with Gasteiger partial charge in [0, 0.05) is 18.6 Å². The van der Waals surface area contributed by atoms with E-state index >= 15 is 0 Å². The molecule has 2 aliphatic rings. The van der Waals surface area contributed by atoms with Gasteiger partial charge in [0.1, 0.15) is 5.60 Å². The van der Waals surface area contributed by atoms with Crippen molar-refractivity contribution < 1.29 is 24.2 Å². The molecular weight excluding hydrogens is 334 g/mol. The molecule has 2 fully saturated rings. The van der Waals surface area contributed by atoms with E-state index in [2.05, 4.69) is 6.92 Å². The number of carbonyl (C=O) groups excluding carboxylic acids is 2. The standard InChI is InChI=1S/C20H35NO5/c1-7-8-9-25-11-15-12(2)16(22)10-14-17(15)13(3)21(18(14)23)19(24)26-20(4,5)6/h12-17,22H,7-11H2,1-6H3/t12-,13+,14+,15-,16+,17+/m0/s1.